The SMILES string of the molecule is CCNC(=NCC(C)Oc1ccccc1)NCC1CC(=O)N(CCc2ccccc2)C1. The van der Waals surface area contributed by atoms with Gasteiger partial charge in [0.25, 0.3) is 0 Å². The van der Waals surface area contributed by atoms with E-state index in [4.69, 9.17) is 4.74 Å². The van der Waals surface area contributed by atoms with Crippen molar-refractivity contribution >= 4 is 11.9 Å². The lowest BCUT2D eigenvalue weighted by molar-refractivity contribution is -0.127. The van der Waals surface area contributed by atoms with Crippen LogP contribution in [0.3, 0.4) is 0 Å². The zero-order chi connectivity index (χ0) is 21.9. The fourth-order valence-electron chi connectivity index (χ4n) is 3.69. The first-order valence-electron chi connectivity index (χ1n) is 11.2. The lowest BCUT2D eigenvalue weighted by Gasteiger charge is -2.18. The van der Waals surface area contributed by atoms with Gasteiger partial charge in [-0.2, -0.15) is 0 Å². The summed E-state index contributed by atoms with van der Waals surface area (Å²) >= 11 is 0. The summed E-state index contributed by atoms with van der Waals surface area (Å²) in [6.45, 7) is 7.70. The number of carbonyl (C=O) groups excluding carboxylic acids is 1. The molecule has 0 bridgehead atoms. The second kappa shape index (κ2) is 12.0. The third-order valence-electron chi connectivity index (χ3n) is 5.30. The zero-order valence-corrected chi connectivity index (χ0v) is 18.6. The summed E-state index contributed by atoms with van der Waals surface area (Å²) in [6, 6.07) is 20.1. The molecule has 0 radical (unpaired) electrons. The lowest BCUT2D eigenvalue weighted by Crippen LogP contribution is -2.41. The van der Waals surface area contributed by atoms with Crippen LogP contribution >= 0.6 is 0 Å². The van der Waals surface area contributed by atoms with Gasteiger partial charge in [0, 0.05) is 38.5 Å². The van der Waals surface area contributed by atoms with Crippen LogP contribution in [0.1, 0.15) is 25.8 Å². The normalized spacial score (nSPS) is 17.5. The molecule has 0 saturated carbocycles. The van der Waals surface area contributed by atoms with Crippen molar-refractivity contribution in [2.24, 2.45) is 10.9 Å². The van der Waals surface area contributed by atoms with Crippen LogP contribution in [-0.2, 0) is 11.2 Å². The minimum Gasteiger partial charge on any atom is -0.489 e. The van der Waals surface area contributed by atoms with Crippen molar-refractivity contribution in [3.8, 4) is 5.75 Å². The maximum Gasteiger partial charge on any atom is 0.223 e. The van der Waals surface area contributed by atoms with Crippen molar-refractivity contribution in [1.82, 2.24) is 15.5 Å². The number of para-hydroxylation sites is 1. The molecule has 2 aromatic carbocycles. The fourth-order valence-corrected chi connectivity index (χ4v) is 3.69. The van der Waals surface area contributed by atoms with Crippen LogP contribution in [0.5, 0.6) is 5.75 Å². The van der Waals surface area contributed by atoms with E-state index in [-0.39, 0.29) is 12.0 Å². The molecule has 3 rings (SSSR count). The highest BCUT2D eigenvalue weighted by Gasteiger charge is 2.29. The number of ether oxygens (including phenoxy) is 1. The van der Waals surface area contributed by atoms with E-state index in [0.717, 1.165) is 44.3 Å². The van der Waals surface area contributed by atoms with Crippen LogP contribution in [0, 0.1) is 5.92 Å². The number of rotatable bonds is 10. The van der Waals surface area contributed by atoms with Crippen molar-refractivity contribution in [3.63, 3.8) is 0 Å². The first-order valence-corrected chi connectivity index (χ1v) is 11.2. The number of amides is 1. The number of nitrogens with one attached hydrogen (secondary N) is 2. The van der Waals surface area contributed by atoms with E-state index in [1.807, 2.05) is 67.3 Å². The summed E-state index contributed by atoms with van der Waals surface area (Å²) in [7, 11) is 0. The minimum absolute atomic E-state index is 0.0283. The molecule has 6 nitrogen and oxygen atoms in total. The fraction of sp³-hybridized carbons (Fsp3) is 0.440. The summed E-state index contributed by atoms with van der Waals surface area (Å²) in [6.07, 6.45) is 1.46. The highest BCUT2D eigenvalue weighted by Crippen LogP contribution is 2.17. The Bertz CT molecular complexity index is 826. The molecule has 2 atom stereocenters. The zero-order valence-electron chi connectivity index (χ0n) is 18.6. The maximum absolute atomic E-state index is 12.4. The second-order valence-electron chi connectivity index (χ2n) is 7.99. The predicted molar refractivity (Wildman–Crippen MR) is 125 cm³/mol. The Morgan fingerprint density at radius 1 is 1.13 bits per heavy atom. The van der Waals surface area contributed by atoms with E-state index < -0.39 is 0 Å². The van der Waals surface area contributed by atoms with Crippen LogP contribution < -0.4 is 15.4 Å². The predicted octanol–water partition coefficient (Wildman–Crippen LogP) is 3.10. The van der Waals surface area contributed by atoms with E-state index in [9.17, 15) is 4.79 Å². The Balaban J connectivity index is 1.43. The molecule has 1 aliphatic heterocycles. The van der Waals surface area contributed by atoms with E-state index in [0.29, 0.717) is 18.9 Å². The molecule has 2 unspecified atom stereocenters. The Labute approximate surface area is 185 Å². The van der Waals surface area contributed by atoms with Crippen molar-refractivity contribution < 1.29 is 9.53 Å². The van der Waals surface area contributed by atoms with Crippen LogP contribution in [0.4, 0.5) is 0 Å². The monoisotopic (exact) mass is 422 g/mol. The third kappa shape index (κ3) is 7.63. The average molecular weight is 423 g/mol. The summed E-state index contributed by atoms with van der Waals surface area (Å²) in [4.78, 5) is 19.0. The Kier molecular flexibility index (Phi) is 8.76. The number of hydrogen-bond donors (Lipinski definition) is 2. The van der Waals surface area contributed by atoms with Gasteiger partial charge in [0.05, 0.1) is 6.54 Å². The first-order chi connectivity index (χ1) is 15.1. The standard InChI is InChI=1S/C25H34N4O2/c1-3-26-25(27-17-20(2)31-23-12-8-5-9-13-23)28-18-22-16-24(30)29(19-22)15-14-21-10-6-4-7-11-21/h4-13,20,22H,3,14-19H2,1-2H3,(H2,26,27,28). The molecular weight excluding hydrogens is 388 g/mol. The van der Waals surface area contributed by atoms with Gasteiger partial charge in [0.15, 0.2) is 5.96 Å². The van der Waals surface area contributed by atoms with E-state index in [1.165, 1.54) is 5.56 Å². The van der Waals surface area contributed by atoms with E-state index in [2.05, 4.69) is 27.8 Å². The van der Waals surface area contributed by atoms with Gasteiger partial charge in [-0.25, -0.2) is 4.99 Å². The number of guanidine groups is 1. The molecule has 1 fully saturated rings. The molecule has 0 spiro atoms. The average Bonchev–Trinajstić information content (AvgIpc) is 3.15. The van der Waals surface area contributed by atoms with Gasteiger partial charge < -0.3 is 20.3 Å². The summed E-state index contributed by atoms with van der Waals surface area (Å²) < 4.78 is 5.90. The Hall–Kier alpha value is -3.02. The molecular formula is C25H34N4O2. The topological polar surface area (TPSA) is 66.0 Å². The number of hydrogen-bond acceptors (Lipinski definition) is 3. The van der Waals surface area contributed by atoms with Gasteiger partial charge in [0.1, 0.15) is 11.9 Å². The number of aliphatic imine (C=N–C) groups is 1. The molecule has 1 aliphatic rings. The molecule has 6 heteroatoms. The van der Waals surface area contributed by atoms with Crippen molar-refractivity contribution in [2.45, 2.75) is 32.8 Å². The molecule has 1 heterocycles. The molecule has 1 saturated heterocycles. The quantitative estimate of drug-likeness (QED) is 0.456. The van der Waals surface area contributed by atoms with Crippen LogP contribution in [0.2, 0.25) is 0 Å². The van der Waals surface area contributed by atoms with E-state index >= 15 is 0 Å². The number of likely N-dealkylation sites (tertiary alicyclic amines) is 1. The summed E-state index contributed by atoms with van der Waals surface area (Å²) in [5.41, 5.74) is 1.27. The third-order valence-corrected chi connectivity index (χ3v) is 5.30. The molecule has 1 amide bonds. The minimum atomic E-state index is -0.0283. The van der Waals surface area contributed by atoms with E-state index in [1.54, 1.807) is 0 Å². The largest absolute Gasteiger partial charge is 0.489 e. The van der Waals surface area contributed by atoms with Crippen molar-refractivity contribution in [2.75, 3.05) is 32.7 Å². The van der Waals surface area contributed by atoms with Crippen LogP contribution in [0.25, 0.3) is 0 Å². The van der Waals surface area contributed by atoms with Gasteiger partial charge in [-0.3, -0.25) is 4.79 Å². The van der Waals surface area contributed by atoms with Crippen molar-refractivity contribution in [1.29, 1.82) is 0 Å². The van der Waals surface area contributed by atoms with Gasteiger partial charge >= 0.3 is 0 Å². The Morgan fingerprint density at radius 2 is 1.84 bits per heavy atom. The molecule has 166 valence electrons. The lowest BCUT2D eigenvalue weighted by atomic mass is 10.1. The highest BCUT2D eigenvalue weighted by atomic mass is 16.5. The molecule has 2 aromatic rings. The molecule has 2 N–H and O–H groups in total. The van der Waals surface area contributed by atoms with Crippen LogP contribution in [0.15, 0.2) is 65.7 Å². The molecule has 0 aliphatic carbocycles. The van der Waals surface area contributed by atoms with Gasteiger partial charge in [-0.15, -0.1) is 0 Å². The smallest absolute Gasteiger partial charge is 0.223 e. The van der Waals surface area contributed by atoms with Gasteiger partial charge in [-0.05, 0) is 38.0 Å². The second-order valence-corrected chi connectivity index (χ2v) is 7.99. The van der Waals surface area contributed by atoms with Crippen LogP contribution in [-0.4, -0.2) is 55.6 Å². The Morgan fingerprint density at radius 3 is 2.55 bits per heavy atom. The summed E-state index contributed by atoms with van der Waals surface area (Å²) in [5.74, 6) is 2.16. The molecule has 31 heavy (non-hydrogen) atoms. The number of carbonyl (C=O) groups is 1. The highest BCUT2D eigenvalue weighted by molar-refractivity contribution is 5.81. The summed E-state index contributed by atoms with van der Waals surface area (Å²) in [5, 5.41) is 6.68. The number of nitrogens with zero attached hydrogens (tertiary/aromatic N) is 2. The first kappa shape index (κ1) is 22.7. The van der Waals surface area contributed by atoms with Gasteiger partial charge in [0.2, 0.25) is 5.91 Å². The van der Waals surface area contributed by atoms with Crippen molar-refractivity contribution in [3.05, 3.63) is 66.2 Å². The maximum atomic E-state index is 12.4. The number of benzene rings is 2. The van der Waals surface area contributed by atoms with Gasteiger partial charge in [-0.1, -0.05) is 48.5 Å². The molecule has 0 aromatic heterocycles.